The molecule has 0 heterocycles. The monoisotopic (exact) mass is 162 g/mol. The zero-order chi connectivity index (χ0) is 7.15. The molecule has 0 rings (SSSR count). The zero-order valence-corrected chi connectivity index (χ0v) is 8.11. The van der Waals surface area contributed by atoms with Gasteiger partial charge in [-0.3, -0.25) is 4.79 Å². The smallest absolute Gasteiger partial charge is 1.00 e. The first-order chi connectivity index (χ1) is 3.46. The number of carbonyl (C=O) groups excluding carboxylic acids is 2. The summed E-state index contributed by atoms with van der Waals surface area (Å²) in [6.45, 7) is 3.92. The van der Waals surface area contributed by atoms with Crippen molar-refractivity contribution in [1.82, 2.24) is 0 Å². The Morgan fingerprint density at radius 2 is 1.22 bits per heavy atom. The molecular weight excluding hydrogens is 151 g/mol. The zero-order valence-electron chi connectivity index (χ0n) is 7.90. The van der Waals surface area contributed by atoms with Crippen LogP contribution in [0.2, 0.25) is 0 Å². The summed E-state index contributed by atoms with van der Waals surface area (Å²) in [7, 11) is 0. The number of Topliss-reactive ketones (excluding diaryl/α,β-unsaturated/α-hetero) is 1. The summed E-state index contributed by atoms with van der Waals surface area (Å²) in [5, 5.41) is 0. The summed E-state index contributed by atoms with van der Waals surface area (Å²) < 4.78 is 10.4. The van der Waals surface area contributed by atoms with Crippen LogP contribution in [0.15, 0.2) is 0 Å². The summed E-state index contributed by atoms with van der Waals surface area (Å²) in [5.41, 5.74) is 0. The molecule has 9 heavy (non-hydrogen) atoms. The Bertz CT molecular complexity index is 80.5. The first-order valence-electron chi connectivity index (χ1n) is 2.10. The number of rotatable bonds is 0. The first kappa shape index (κ1) is 16.3. The summed E-state index contributed by atoms with van der Waals surface area (Å²) in [5.74, 6) is 0.167. The van der Waals surface area contributed by atoms with Crippen molar-refractivity contribution in [1.29, 1.82) is 0 Å². The van der Waals surface area contributed by atoms with Crippen molar-refractivity contribution in [2.45, 2.75) is 20.8 Å². The van der Waals surface area contributed by atoms with Crippen LogP contribution < -0.4 is 0 Å². The van der Waals surface area contributed by atoms with E-state index in [4.69, 9.17) is 4.79 Å². The molecule has 0 aliphatic rings. The maximum Gasteiger partial charge on any atom is 2.00 e. The molecule has 0 bridgehead atoms. The fraction of sp³-hybridized carbons (Fsp3) is 0.600. The molecule has 0 aliphatic carbocycles. The molecule has 0 fully saturated rings. The van der Waals surface area contributed by atoms with Crippen LogP contribution in [0.3, 0.4) is 0 Å². The van der Waals surface area contributed by atoms with E-state index in [0.717, 1.165) is 6.92 Å². The largest absolute Gasteiger partial charge is 2.00 e. The van der Waals surface area contributed by atoms with Crippen LogP contribution in [0.1, 0.15) is 23.6 Å². The van der Waals surface area contributed by atoms with Gasteiger partial charge < -0.3 is 7.65 Å². The second-order valence-electron chi connectivity index (χ2n) is 1.38. The number of hydrogen-bond donors (Lipinski definition) is 0. The topological polar surface area (TPSA) is 34.1 Å². The SMILES string of the molecule is CC(=O)F.CC(C)=O.[Ca+2].[H-].[H-]. The van der Waals surface area contributed by atoms with E-state index in [1.54, 1.807) is 0 Å². The number of halogens is 1. The number of carbonyl (C=O) groups is 2. The maximum absolute atomic E-state index is 10.4. The third-order valence-electron chi connectivity index (χ3n) is 0. The van der Waals surface area contributed by atoms with Gasteiger partial charge >= 0.3 is 37.7 Å². The van der Waals surface area contributed by atoms with Crippen molar-refractivity contribution in [2.75, 3.05) is 0 Å². The van der Waals surface area contributed by atoms with Crippen LogP contribution in [-0.2, 0) is 9.59 Å². The molecule has 4 heteroatoms. The van der Waals surface area contributed by atoms with Crippen LogP contribution in [0.25, 0.3) is 0 Å². The van der Waals surface area contributed by atoms with E-state index in [9.17, 15) is 9.18 Å². The third kappa shape index (κ3) is 1300. The molecule has 0 aromatic carbocycles. The van der Waals surface area contributed by atoms with Crippen LogP contribution in [-0.4, -0.2) is 49.6 Å². The van der Waals surface area contributed by atoms with E-state index in [0.29, 0.717) is 0 Å². The van der Waals surface area contributed by atoms with Gasteiger partial charge in [-0.15, -0.1) is 0 Å². The van der Waals surface area contributed by atoms with E-state index in [-0.39, 0.29) is 46.4 Å². The van der Waals surface area contributed by atoms with Gasteiger partial charge in [0.1, 0.15) is 5.78 Å². The Morgan fingerprint density at radius 3 is 1.22 bits per heavy atom. The average Bonchev–Trinajstić information content (AvgIpc) is 1.25. The second-order valence-corrected chi connectivity index (χ2v) is 1.38. The molecule has 2 nitrogen and oxygen atoms in total. The summed E-state index contributed by atoms with van der Waals surface area (Å²) >= 11 is 0. The molecule has 0 aromatic rings. The van der Waals surface area contributed by atoms with Crippen molar-refractivity contribution in [3.05, 3.63) is 0 Å². The number of ketones is 1. The Labute approximate surface area is 86.8 Å². The standard InChI is InChI=1S/C3H6O.C2H3FO.Ca.2H/c1-3(2)4;1-2(3)4;;;/h1-2H3;1H3;;;/q;;+2;2*-1. The summed E-state index contributed by atoms with van der Waals surface area (Å²) in [6.07, 6.45) is 0. The minimum absolute atomic E-state index is 0. The van der Waals surface area contributed by atoms with Crippen molar-refractivity contribution < 1.29 is 16.8 Å². The van der Waals surface area contributed by atoms with Gasteiger partial charge in [0, 0.05) is 6.92 Å². The maximum atomic E-state index is 10.4. The molecule has 0 spiro atoms. The fourth-order valence-electron chi connectivity index (χ4n) is 0. The molecule has 0 N–H and O–H groups in total. The van der Waals surface area contributed by atoms with Crippen molar-refractivity contribution in [3.8, 4) is 0 Å². The summed E-state index contributed by atoms with van der Waals surface area (Å²) in [6, 6.07) is -1.33. The minimum Gasteiger partial charge on any atom is -1.00 e. The van der Waals surface area contributed by atoms with Crippen LogP contribution in [0.5, 0.6) is 0 Å². The molecule has 0 atom stereocenters. The van der Waals surface area contributed by atoms with Gasteiger partial charge in [0.15, 0.2) is 0 Å². The van der Waals surface area contributed by atoms with Gasteiger partial charge in [0.2, 0.25) is 0 Å². The summed E-state index contributed by atoms with van der Waals surface area (Å²) in [4.78, 5) is 18.2. The predicted molar refractivity (Wildman–Crippen MR) is 36.1 cm³/mol. The van der Waals surface area contributed by atoms with Gasteiger partial charge in [0.25, 0.3) is 6.04 Å². The molecule has 0 saturated heterocycles. The molecule has 0 unspecified atom stereocenters. The van der Waals surface area contributed by atoms with Crippen molar-refractivity contribution in [2.24, 2.45) is 0 Å². The number of hydrogen-bond acceptors (Lipinski definition) is 2. The quantitative estimate of drug-likeness (QED) is 0.392. The van der Waals surface area contributed by atoms with E-state index in [1.165, 1.54) is 13.8 Å². The Kier molecular flexibility index (Phi) is 20.5. The Morgan fingerprint density at radius 1 is 1.22 bits per heavy atom. The fourth-order valence-corrected chi connectivity index (χ4v) is 0. The van der Waals surface area contributed by atoms with Crippen LogP contribution in [0, 0.1) is 0 Å². The predicted octanol–water partition coefficient (Wildman–Crippen LogP) is 0.942. The van der Waals surface area contributed by atoms with Crippen molar-refractivity contribution in [3.63, 3.8) is 0 Å². The van der Waals surface area contributed by atoms with Gasteiger partial charge in [-0.2, -0.15) is 4.39 Å². The average molecular weight is 162 g/mol. The van der Waals surface area contributed by atoms with Crippen LogP contribution >= 0.6 is 0 Å². The molecule has 0 aromatic heterocycles. The molecular formula is C5H11CaFO2. The van der Waals surface area contributed by atoms with Crippen LogP contribution in [0.4, 0.5) is 4.39 Å². The van der Waals surface area contributed by atoms with Gasteiger partial charge in [-0.1, -0.05) is 0 Å². The first-order valence-corrected chi connectivity index (χ1v) is 2.10. The van der Waals surface area contributed by atoms with Gasteiger partial charge in [0.05, 0.1) is 0 Å². The normalized spacial score (nSPS) is 5.78. The van der Waals surface area contributed by atoms with E-state index in [2.05, 4.69) is 0 Å². The van der Waals surface area contributed by atoms with Gasteiger partial charge in [-0.05, 0) is 13.8 Å². The van der Waals surface area contributed by atoms with Crippen molar-refractivity contribution >= 4 is 49.6 Å². The molecule has 0 radical (unpaired) electrons. The molecule has 0 amide bonds. The molecule has 0 saturated carbocycles. The third-order valence-corrected chi connectivity index (χ3v) is 0. The molecule has 0 aliphatic heterocycles. The Balaban J connectivity index is -0.0000000171. The molecule has 52 valence electrons. The van der Waals surface area contributed by atoms with E-state index in [1.807, 2.05) is 0 Å². The van der Waals surface area contributed by atoms with E-state index < -0.39 is 6.04 Å². The van der Waals surface area contributed by atoms with Gasteiger partial charge in [-0.25, -0.2) is 0 Å². The Hall–Kier alpha value is 0.530. The second kappa shape index (κ2) is 11.3. The minimum atomic E-state index is -1.33. The van der Waals surface area contributed by atoms with E-state index >= 15 is 0 Å².